The fourth-order valence-electron chi connectivity index (χ4n) is 3.03. The summed E-state index contributed by atoms with van der Waals surface area (Å²) in [5.74, 6) is 0. The minimum Gasteiger partial charge on any atom is -0.304 e. The summed E-state index contributed by atoms with van der Waals surface area (Å²) in [5, 5.41) is 1.58. The van der Waals surface area contributed by atoms with Gasteiger partial charge in [0.1, 0.15) is 0 Å². The fourth-order valence-corrected chi connectivity index (χ4v) is 5.43. The van der Waals surface area contributed by atoms with E-state index < -0.39 is 8.07 Å². The smallest absolute Gasteiger partial charge is 0.0806 e. The third-order valence-electron chi connectivity index (χ3n) is 4.80. The molecule has 0 amide bonds. The van der Waals surface area contributed by atoms with E-state index >= 15 is 0 Å². The van der Waals surface area contributed by atoms with Crippen LogP contribution in [0.15, 0.2) is 30.8 Å². The van der Waals surface area contributed by atoms with E-state index in [2.05, 4.69) is 60.8 Å². The molecule has 0 N–H and O–H groups in total. The van der Waals surface area contributed by atoms with Gasteiger partial charge in [-0.05, 0) is 25.6 Å². The molecule has 116 valence electrons. The monoisotopic (exact) mass is 302 g/mol. The maximum Gasteiger partial charge on any atom is 0.0806 e. The van der Waals surface area contributed by atoms with Crippen molar-refractivity contribution in [1.29, 1.82) is 0 Å². The Kier molecular flexibility index (Phi) is 5.79. The predicted molar refractivity (Wildman–Crippen MR) is 97.0 cm³/mol. The minimum absolute atomic E-state index is 1.22. The van der Waals surface area contributed by atoms with Gasteiger partial charge in [-0.15, -0.1) is 0 Å². The van der Waals surface area contributed by atoms with Crippen LogP contribution in [0, 0.1) is 0 Å². The Bertz CT molecular complexity index is 445. The molecule has 3 heteroatoms. The summed E-state index contributed by atoms with van der Waals surface area (Å²) >= 11 is 0. The molecule has 0 atom stereocenters. The van der Waals surface area contributed by atoms with Gasteiger partial charge in [-0.1, -0.05) is 61.2 Å². The summed E-state index contributed by atoms with van der Waals surface area (Å²) in [6.07, 6.45) is 3.26. The molecule has 0 bridgehead atoms. The second-order valence-electron chi connectivity index (χ2n) is 6.96. The van der Waals surface area contributed by atoms with E-state index in [0.29, 0.717) is 0 Å². The van der Waals surface area contributed by atoms with Gasteiger partial charge in [-0.3, -0.25) is 0 Å². The zero-order valence-electron chi connectivity index (χ0n) is 13.9. The van der Waals surface area contributed by atoms with Crippen molar-refractivity contribution < 1.29 is 0 Å². The normalized spacial score (nSPS) is 17.9. The Labute approximate surface area is 131 Å². The Morgan fingerprint density at radius 2 is 1.71 bits per heavy atom. The molecule has 1 saturated heterocycles. The molecule has 2 rings (SSSR count). The number of likely N-dealkylation sites (N-methyl/N-ethyl adjacent to an activating group) is 1. The summed E-state index contributed by atoms with van der Waals surface area (Å²) in [7, 11) is 0.938. The minimum atomic E-state index is -1.28. The van der Waals surface area contributed by atoms with Gasteiger partial charge in [0.05, 0.1) is 8.07 Å². The number of hydrogen-bond acceptors (Lipinski definition) is 2. The van der Waals surface area contributed by atoms with Gasteiger partial charge < -0.3 is 9.80 Å². The van der Waals surface area contributed by atoms with Crippen LogP contribution in [-0.2, 0) is 0 Å². The van der Waals surface area contributed by atoms with Gasteiger partial charge >= 0.3 is 0 Å². The maximum atomic E-state index is 3.83. The molecule has 1 aliphatic rings. The van der Waals surface area contributed by atoms with E-state index in [1.165, 1.54) is 50.8 Å². The van der Waals surface area contributed by atoms with Gasteiger partial charge in [0, 0.05) is 26.2 Å². The predicted octanol–water partition coefficient (Wildman–Crippen LogP) is 2.88. The number of benzene rings is 1. The molecule has 0 unspecified atom stereocenters. The van der Waals surface area contributed by atoms with E-state index in [0.717, 1.165) is 0 Å². The van der Waals surface area contributed by atoms with Gasteiger partial charge in [0.2, 0.25) is 0 Å². The molecule has 0 aliphatic carbocycles. The van der Waals surface area contributed by atoms with Gasteiger partial charge in [-0.2, -0.15) is 0 Å². The van der Waals surface area contributed by atoms with Crippen LogP contribution in [0.1, 0.15) is 12.0 Å². The summed E-state index contributed by atoms with van der Waals surface area (Å²) in [6, 6.07) is 10.4. The molecule has 1 fully saturated rings. The lowest BCUT2D eigenvalue weighted by atomic mass is 10.2. The molecule has 0 radical (unpaired) electrons. The van der Waals surface area contributed by atoms with Crippen molar-refractivity contribution in [3.8, 4) is 0 Å². The summed E-state index contributed by atoms with van der Waals surface area (Å²) in [4.78, 5) is 5.06. The van der Waals surface area contributed by atoms with Gasteiger partial charge in [-0.25, -0.2) is 0 Å². The number of rotatable bonds is 6. The molecule has 1 aromatic carbocycles. The first-order valence-corrected chi connectivity index (χ1v) is 11.4. The van der Waals surface area contributed by atoms with Crippen molar-refractivity contribution in [2.45, 2.75) is 25.6 Å². The lowest BCUT2D eigenvalue weighted by Crippen LogP contribution is -2.46. The SMILES string of the molecule is C=Cc1ccc([Si](C)(C)CCCN2CCN(C)CC2)cc1. The average molecular weight is 303 g/mol. The van der Waals surface area contributed by atoms with Gasteiger partial charge in [0.15, 0.2) is 0 Å². The number of nitrogens with zero attached hydrogens (tertiary/aromatic N) is 2. The van der Waals surface area contributed by atoms with Crippen molar-refractivity contribution >= 4 is 19.3 Å². The molecule has 0 spiro atoms. The highest BCUT2D eigenvalue weighted by molar-refractivity contribution is 6.89. The second-order valence-corrected chi connectivity index (χ2v) is 11.8. The van der Waals surface area contributed by atoms with Crippen LogP contribution in [-0.4, -0.2) is 57.6 Å². The van der Waals surface area contributed by atoms with Crippen molar-refractivity contribution in [3.63, 3.8) is 0 Å². The highest BCUT2D eigenvalue weighted by atomic mass is 28.3. The molecule has 0 saturated carbocycles. The van der Waals surface area contributed by atoms with Crippen LogP contribution in [0.2, 0.25) is 19.1 Å². The van der Waals surface area contributed by atoms with Crippen molar-refractivity contribution in [2.75, 3.05) is 39.8 Å². The van der Waals surface area contributed by atoms with Crippen LogP contribution < -0.4 is 5.19 Å². The largest absolute Gasteiger partial charge is 0.304 e. The van der Waals surface area contributed by atoms with E-state index in [1.54, 1.807) is 5.19 Å². The first-order chi connectivity index (χ1) is 10.0. The molecular formula is C18H30N2Si. The first-order valence-electron chi connectivity index (χ1n) is 8.15. The number of piperazine rings is 1. The average Bonchev–Trinajstić information content (AvgIpc) is 2.49. The van der Waals surface area contributed by atoms with Crippen LogP contribution in [0.4, 0.5) is 0 Å². The third-order valence-corrected chi connectivity index (χ3v) is 8.30. The molecule has 21 heavy (non-hydrogen) atoms. The highest BCUT2D eigenvalue weighted by Crippen LogP contribution is 2.14. The van der Waals surface area contributed by atoms with Crippen molar-refractivity contribution in [2.24, 2.45) is 0 Å². The van der Waals surface area contributed by atoms with Gasteiger partial charge in [0.25, 0.3) is 0 Å². The summed E-state index contributed by atoms with van der Waals surface area (Å²) in [5.41, 5.74) is 1.22. The Balaban J connectivity index is 1.81. The standard InChI is InChI=1S/C18H30N2Si/c1-5-17-7-9-18(10-8-17)21(3,4)16-6-11-20-14-12-19(2)13-15-20/h5,7-10H,1,6,11-16H2,2-4H3. The molecule has 1 aromatic rings. The lowest BCUT2D eigenvalue weighted by molar-refractivity contribution is 0.154. The Morgan fingerprint density at radius 3 is 2.29 bits per heavy atom. The first kappa shape index (κ1) is 16.5. The highest BCUT2D eigenvalue weighted by Gasteiger charge is 2.23. The summed E-state index contributed by atoms with van der Waals surface area (Å²) < 4.78 is 0. The van der Waals surface area contributed by atoms with E-state index in [-0.39, 0.29) is 0 Å². The van der Waals surface area contributed by atoms with E-state index in [9.17, 15) is 0 Å². The Hall–Kier alpha value is -0.903. The third kappa shape index (κ3) is 4.80. The molecule has 1 heterocycles. The lowest BCUT2D eigenvalue weighted by Gasteiger charge is -2.33. The Morgan fingerprint density at radius 1 is 1.10 bits per heavy atom. The zero-order chi connectivity index (χ0) is 15.3. The topological polar surface area (TPSA) is 6.48 Å². The molecule has 1 aliphatic heterocycles. The van der Waals surface area contributed by atoms with Crippen LogP contribution in [0.3, 0.4) is 0 Å². The second kappa shape index (κ2) is 7.39. The molecule has 2 nitrogen and oxygen atoms in total. The molecule has 0 aromatic heterocycles. The summed E-state index contributed by atoms with van der Waals surface area (Å²) in [6.45, 7) is 15.0. The maximum absolute atomic E-state index is 3.83. The van der Waals surface area contributed by atoms with Crippen LogP contribution in [0.5, 0.6) is 0 Å². The molecular weight excluding hydrogens is 272 g/mol. The quantitative estimate of drug-likeness (QED) is 0.746. The van der Waals surface area contributed by atoms with E-state index in [1.807, 2.05) is 6.08 Å². The van der Waals surface area contributed by atoms with Crippen LogP contribution in [0.25, 0.3) is 6.08 Å². The van der Waals surface area contributed by atoms with Crippen molar-refractivity contribution in [3.05, 3.63) is 36.4 Å². The number of hydrogen-bond donors (Lipinski definition) is 0. The van der Waals surface area contributed by atoms with Crippen LogP contribution >= 0.6 is 0 Å². The fraction of sp³-hybridized carbons (Fsp3) is 0.556. The van der Waals surface area contributed by atoms with E-state index in [4.69, 9.17) is 0 Å². The van der Waals surface area contributed by atoms with Crippen molar-refractivity contribution in [1.82, 2.24) is 9.80 Å². The zero-order valence-corrected chi connectivity index (χ0v) is 14.9.